The molecule has 3 unspecified atom stereocenters. The molecule has 4 amide bonds. The van der Waals surface area contributed by atoms with Crippen molar-refractivity contribution >= 4 is 29.6 Å². The maximum atomic E-state index is 12.6. The molecule has 1 rings (SSSR count). The highest BCUT2D eigenvalue weighted by Crippen LogP contribution is 2.17. The molecule has 0 radical (unpaired) electrons. The van der Waals surface area contributed by atoms with Gasteiger partial charge in [-0.15, -0.1) is 0 Å². The standard InChI is InChI=1S/C17H29N5O6/c1-9(2)6-11(17(27)28)21-15(25)10(7-13(19)23)20-16(26)12-4-3-5-22(12)14(24)8-18/h9-12H,3-8,18H2,1-2H3,(H2,19,23)(H,20,26)(H,21,25)(H,27,28). The molecular weight excluding hydrogens is 370 g/mol. The zero-order chi connectivity index (χ0) is 21.4. The molecule has 28 heavy (non-hydrogen) atoms. The summed E-state index contributed by atoms with van der Waals surface area (Å²) >= 11 is 0. The quantitative estimate of drug-likeness (QED) is 0.279. The fraction of sp³-hybridized carbons (Fsp3) is 0.706. The zero-order valence-corrected chi connectivity index (χ0v) is 16.1. The number of rotatable bonds is 10. The molecule has 0 aromatic carbocycles. The van der Waals surface area contributed by atoms with Gasteiger partial charge in [-0.2, -0.15) is 0 Å². The van der Waals surface area contributed by atoms with Crippen LogP contribution in [-0.2, 0) is 24.0 Å². The van der Waals surface area contributed by atoms with Crippen molar-refractivity contribution in [2.75, 3.05) is 13.1 Å². The Morgan fingerprint density at radius 2 is 1.79 bits per heavy atom. The topological polar surface area (TPSA) is 185 Å². The van der Waals surface area contributed by atoms with Gasteiger partial charge in [0.05, 0.1) is 13.0 Å². The highest BCUT2D eigenvalue weighted by Gasteiger charge is 2.36. The summed E-state index contributed by atoms with van der Waals surface area (Å²) in [7, 11) is 0. The van der Waals surface area contributed by atoms with E-state index in [1.807, 2.05) is 0 Å². The van der Waals surface area contributed by atoms with Crippen LogP contribution in [0.5, 0.6) is 0 Å². The van der Waals surface area contributed by atoms with Gasteiger partial charge in [-0.05, 0) is 25.2 Å². The monoisotopic (exact) mass is 399 g/mol. The molecule has 0 bridgehead atoms. The number of carboxylic acids is 1. The second kappa shape index (κ2) is 10.6. The van der Waals surface area contributed by atoms with Gasteiger partial charge in [0, 0.05) is 6.54 Å². The number of hydrogen-bond acceptors (Lipinski definition) is 6. The summed E-state index contributed by atoms with van der Waals surface area (Å²) in [5.74, 6) is -3.89. The minimum atomic E-state index is -1.34. The number of amides is 4. The van der Waals surface area contributed by atoms with Gasteiger partial charge >= 0.3 is 5.97 Å². The molecule has 0 aromatic heterocycles. The lowest BCUT2D eigenvalue weighted by molar-refractivity contribution is -0.143. The van der Waals surface area contributed by atoms with Crippen LogP contribution in [0.15, 0.2) is 0 Å². The molecule has 1 heterocycles. The lowest BCUT2D eigenvalue weighted by Gasteiger charge is -2.26. The third kappa shape index (κ3) is 6.80. The second-order valence-corrected chi connectivity index (χ2v) is 7.21. The molecule has 1 fully saturated rings. The number of carboxylic acid groups (broad SMARTS) is 1. The van der Waals surface area contributed by atoms with E-state index in [1.165, 1.54) is 4.90 Å². The molecule has 0 aliphatic carbocycles. The molecule has 0 saturated carbocycles. The number of likely N-dealkylation sites (tertiary alicyclic amines) is 1. The molecule has 0 spiro atoms. The van der Waals surface area contributed by atoms with Crippen LogP contribution in [0.2, 0.25) is 0 Å². The van der Waals surface area contributed by atoms with Crippen molar-refractivity contribution in [1.82, 2.24) is 15.5 Å². The summed E-state index contributed by atoms with van der Waals surface area (Å²) in [6.07, 6.45) is 0.683. The lowest BCUT2D eigenvalue weighted by atomic mass is 10.0. The first-order valence-electron chi connectivity index (χ1n) is 9.18. The predicted molar refractivity (Wildman–Crippen MR) is 98.6 cm³/mol. The summed E-state index contributed by atoms with van der Waals surface area (Å²) in [5.41, 5.74) is 10.5. The predicted octanol–water partition coefficient (Wildman–Crippen LogP) is -2.09. The third-order valence-corrected chi connectivity index (χ3v) is 4.41. The van der Waals surface area contributed by atoms with Crippen molar-refractivity contribution in [2.24, 2.45) is 17.4 Å². The number of hydrogen-bond donors (Lipinski definition) is 5. The number of carbonyl (C=O) groups excluding carboxylic acids is 4. The number of nitrogens with one attached hydrogen (secondary N) is 2. The highest BCUT2D eigenvalue weighted by molar-refractivity contribution is 5.96. The Labute approximate surface area is 163 Å². The Balaban J connectivity index is 2.87. The van der Waals surface area contributed by atoms with Crippen LogP contribution in [0.25, 0.3) is 0 Å². The minimum Gasteiger partial charge on any atom is -0.480 e. The fourth-order valence-corrected chi connectivity index (χ4v) is 3.10. The second-order valence-electron chi connectivity index (χ2n) is 7.21. The van der Waals surface area contributed by atoms with Crippen LogP contribution < -0.4 is 22.1 Å². The maximum absolute atomic E-state index is 12.6. The van der Waals surface area contributed by atoms with E-state index in [4.69, 9.17) is 11.5 Å². The van der Waals surface area contributed by atoms with E-state index >= 15 is 0 Å². The molecular formula is C17H29N5O6. The molecule has 158 valence electrons. The average Bonchev–Trinajstić information content (AvgIpc) is 3.08. The number of nitrogens with zero attached hydrogens (tertiary/aromatic N) is 1. The summed E-state index contributed by atoms with van der Waals surface area (Å²) in [6.45, 7) is 3.72. The molecule has 7 N–H and O–H groups in total. The number of nitrogens with two attached hydrogens (primary N) is 2. The average molecular weight is 399 g/mol. The summed E-state index contributed by atoms with van der Waals surface area (Å²) in [6, 6.07) is -3.30. The van der Waals surface area contributed by atoms with Crippen LogP contribution in [0.3, 0.4) is 0 Å². The van der Waals surface area contributed by atoms with Gasteiger partial charge < -0.3 is 32.1 Å². The zero-order valence-electron chi connectivity index (χ0n) is 16.1. The smallest absolute Gasteiger partial charge is 0.326 e. The van der Waals surface area contributed by atoms with Crippen LogP contribution >= 0.6 is 0 Å². The number of primary amides is 1. The van der Waals surface area contributed by atoms with E-state index in [0.29, 0.717) is 19.4 Å². The van der Waals surface area contributed by atoms with Gasteiger partial charge in [-0.3, -0.25) is 19.2 Å². The Morgan fingerprint density at radius 3 is 2.29 bits per heavy atom. The van der Waals surface area contributed by atoms with Gasteiger partial charge in [0.15, 0.2) is 0 Å². The Kier molecular flexibility index (Phi) is 8.83. The first kappa shape index (κ1) is 23.3. The van der Waals surface area contributed by atoms with Crippen molar-refractivity contribution in [3.8, 4) is 0 Å². The van der Waals surface area contributed by atoms with Gasteiger partial charge in [-0.1, -0.05) is 13.8 Å². The third-order valence-electron chi connectivity index (χ3n) is 4.41. The summed E-state index contributed by atoms with van der Waals surface area (Å²) in [4.78, 5) is 60.9. The van der Waals surface area contributed by atoms with Gasteiger partial charge in [-0.25, -0.2) is 4.79 Å². The molecule has 1 aliphatic rings. The van der Waals surface area contributed by atoms with E-state index in [2.05, 4.69) is 10.6 Å². The van der Waals surface area contributed by atoms with Gasteiger partial charge in [0.2, 0.25) is 23.6 Å². The van der Waals surface area contributed by atoms with E-state index in [-0.39, 0.29) is 18.9 Å². The number of aliphatic carboxylic acids is 1. The Bertz CT molecular complexity index is 623. The van der Waals surface area contributed by atoms with Crippen LogP contribution in [0.1, 0.15) is 39.5 Å². The molecule has 1 aliphatic heterocycles. The van der Waals surface area contributed by atoms with E-state index < -0.39 is 54.1 Å². The van der Waals surface area contributed by atoms with Crippen molar-refractivity contribution in [3.63, 3.8) is 0 Å². The maximum Gasteiger partial charge on any atom is 0.326 e. The highest BCUT2D eigenvalue weighted by atomic mass is 16.4. The molecule has 3 atom stereocenters. The molecule has 11 nitrogen and oxygen atoms in total. The van der Waals surface area contributed by atoms with Crippen molar-refractivity contribution < 1.29 is 29.1 Å². The van der Waals surface area contributed by atoms with Crippen molar-refractivity contribution in [2.45, 2.75) is 57.7 Å². The van der Waals surface area contributed by atoms with E-state index in [0.717, 1.165) is 0 Å². The molecule has 1 saturated heterocycles. The van der Waals surface area contributed by atoms with Gasteiger partial charge in [0.25, 0.3) is 0 Å². The Morgan fingerprint density at radius 1 is 1.14 bits per heavy atom. The summed E-state index contributed by atoms with van der Waals surface area (Å²) < 4.78 is 0. The van der Waals surface area contributed by atoms with Crippen LogP contribution in [-0.4, -0.2) is 70.8 Å². The first-order chi connectivity index (χ1) is 13.1. The summed E-state index contributed by atoms with van der Waals surface area (Å²) in [5, 5.41) is 14.0. The lowest BCUT2D eigenvalue weighted by Crippen LogP contribution is -2.56. The SMILES string of the molecule is CC(C)CC(NC(=O)C(CC(N)=O)NC(=O)C1CCCN1C(=O)CN)C(=O)O. The van der Waals surface area contributed by atoms with Gasteiger partial charge in [0.1, 0.15) is 18.1 Å². The van der Waals surface area contributed by atoms with Crippen molar-refractivity contribution in [3.05, 3.63) is 0 Å². The molecule has 0 aromatic rings. The normalized spacial score (nSPS) is 18.4. The van der Waals surface area contributed by atoms with E-state index in [9.17, 15) is 29.1 Å². The minimum absolute atomic E-state index is 0.0000891. The van der Waals surface area contributed by atoms with Crippen molar-refractivity contribution in [1.29, 1.82) is 0 Å². The van der Waals surface area contributed by atoms with E-state index in [1.54, 1.807) is 13.8 Å². The molecule has 11 heteroatoms. The Hall–Kier alpha value is -2.69. The fourth-order valence-electron chi connectivity index (χ4n) is 3.10. The first-order valence-corrected chi connectivity index (χ1v) is 9.18. The largest absolute Gasteiger partial charge is 0.480 e. The van der Waals surface area contributed by atoms with Crippen LogP contribution in [0.4, 0.5) is 0 Å². The van der Waals surface area contributed by atoms with Crippen LogP contribution in [0, 0.1) is 5.92 Å². The number of carbonyl (C=O) groups is 5.